The van der Waals surface area contributed by atoms with E-state index in [1.165, 1.54) is 0 Å². The Morgan fingerprint density at radius 2 is 1.78 bits per heavy atom. The Kier molecular flexibility index (Phi) is 9.55. The van der Waals surface area contributed by atoms with Crippen molar-refractivity contribution in [2.75, 3.05) is 49.7 Å². The fraction of sp³-hybridized carbons (Fsp3) is 0.538. The second-order valence-corrected chi connectivity index (χ2v) is 17.3. The highest BCUT2D eigenvalue weighted by Crippen LogP contribution is 2.22. The number of hydrogen-bond acceptors (Lipinski definition) is 8. The van der Waals surface area contributed by atoms with Gasteiger partial charge in [-0.25, -0.2) is 14.8 Å². The zero-order chi connectivity index (χ0) is 27.2. The van der Waals surface area contributed by atoms with E-state index in [9.17, 15) is 4.79 Å². The van der Waals surface area contributed by atoms with Crippen molar-refractivity contribution in [3.63, 3.8) is 0 Å². The number of anilines is 2. The van der Waals surface area contributed by atoms with Crippen molar-refractivity contribution in [1.29, 1.82) is 5.41 Å². The number of nitrogens with zero attached hydrogens (tertiary/aromatic N) is 4. The minimum atomic E-state index is -1.16. The van der Waals surface area contributed by atoms with Gasteiger partial charge in [0, 0.05) is 52.1 Å². The molecule has 0 unspecified atom stereocenters. The van der Waals surface area contributed by atoms with Gasteiger partial charge in [-0.05, 0) is 50.5 Å². The largest absolute Gasteiger partial charge is 0.444 e. The van der Waals surface area contributed by atoms with Crippen LogP contribution in [0.25, 0.3) is 0 Å². The maximum absolute atomic E-state index is 12.3. The van der Waals surface area contributed by atoms with Crippen LogP contribution in [0.3, 0.4) is 0 Å². The molecule has 0 atom stereocenters. The van der Waals surface area contributed by atoms with Crippen molar-refractivity contribution in [2.24, 2.45) is 0 Å². The summed E-state index contributed by atoms with van der Waals surface area (Å²) >= 11 is 6.06. The van der Waals surface area contributed by atoms with Gasteiger partial charge in [-0.1, -0.05) is 31.8 Å². The first kappa shape index (κ1) is 28.9. The quantitative estimate of drug-likeness (QED) is 0.144. The second-order valence-electron chi connectivity index (χ2n) is 11.3. The Labute approximate surface area is 226 Å². The van der Waals surface area contributed by atoms with Crippen LogP contribution in [0.1, 0.15) is 32.0 Å². The van der Waals surface area contributed by atoms with Crippen molar-refractivity contribution < 1.29 is 14.3 Å². The molecule has 1 aromatic heterocycles. The SMILES string of the molecule is CC(C)(C)OC(=O)N1CCN(c2ccc(C(=N)c3nc(Cl)ncc3NCOCC[Si](C)(C)C)cc2)CC1. The van der Waals surface area contributed by atoms with Crippen LogP contribution in [0.15, 0.2) is 30.5 Å². The van der Waals surface area contributed by atoms with Gasteiger partial charge < -0.3 is 24.6 Å². The molecular formula is C26H39ClN6O3Si. The Morgan fingerprint density at radius 3 is 2.38 bits per heavy atom. The molecule has 1 saturated heterocycles. The van der Waals surface area contributed by atoms with Crippen LogP contribution in [0.2, 0.25) is 31.0 Å². The van der Waals surface area contributed by atoms with Crippen LogP contribution >= 0.6 is 11.6 Å². The van der Waals surface area contributed by atoms with Gasteiger partial charge in [-0.2, -0.15) is 0 Å². The van der Waals surface area contributed by atoms with E-state index in [-0.39, 0.29) is 17.1 Å². The highest BCUT2D eigenvalue weighted by atomic mass is 35.5. The molecule has 1 fully saturated rings. The molecule has 2 heterocycles. The molecule has 37 heavy (non-hydrogen) atoms. The number of aromatic nitrogens is 2. The van der Waals surface area contributed by atoms with Crippen molar-refractivity contribution in [1.82, 2.24) is 14.9 Å². The Bertz CT molecular complexity index is 1080. The first-order chi connectivity index (χ1) is 17.3. The summed E-state index contributed by atoms with van der Waals surface area (Å²) < 4.78 is 11.2. The molecule has 1 aliphatic rings. The Balaban J connectivity index is 1.60. The molecule has 0 aliphatic carbocycles. The predicted octanol–water partition coefficient (Wildman–Crippen LogP) is 5.33. The first-order valence-corrected chi connectivity index (χ1v) is 16.7. The average Bonchev–Trinajstić information content (AvgIpc) is 2.82. The van der Waals surface area contributed by atoms with E-state index in [0.717, 1.165) is 11.7 Å². The number of benzene rings is 1. The van der Waals surface area contributed by atoms with Gasteiger partial charge in [0.25, 0.3) is 0 Å². The lowest BCUT2D eigenvalue weighted by molar-refractivity contribution is 0.0240. The van der Waals surface area contributed by atoms with Crippen LogP contribution in [0.5, 0.6) is 0 Å². The summed E-state index contributed by atoms with van der Waals surface area (Å²) in [7, 11) is -1.16. The molecule has 11 heteroatoms. The summed E-state index contributed by atoms with van der Waals surface area (Å²) in [6.07, 6.45) is 1.31. The maximum Gasteiger partial charge on any atom is 0.410 e. The molecule has 0 spiro atoms. The van der Waals surface area contributed by atoms with Crippen molar-refractivity contribution in [3.05, 3.63) is 47.0 Å². The summed E-state index contributed by atoms with van der Waals surface area (Å²) in [5, 5.41) is 12.0. The number of carbonyl (C=O) groups excluding carboxylic acids is 1. The monoisotopic (exact) mass is 546 g/mol. The fourth-order valence-corrected chi connectivity index (χ4v) is 4.60. The van der Waals surface area contributed by atoms with E-state index in [1.807, 2.05) is 45.0 Å². The van der Waals surface area contributed by atoms with Gasteiger partial charge in [-0.3, -0.25) is 5.41 Å². The van der Waals surface area contributed by atoms with E-state index in [2.05, 4.69) is 39.8 Å². The average molecular weight is 547 g/mol. The van der Waals surface area contributed by atoms with Crippen molar-refractivity contribution in [3.8, 4) is 0 Å². The van der Waals surface area contributed by atoms with Crippen LogP contribution in [0, 0.1) is 5.41 Å². The Morgan fingerprint density at radius 1 is 1.14 bits per heavy atom. The normalized spacial score (nSPS) is 14.5. The topological polar surface area (TPSA) is 104 Å². The zero-order valence-corrected chi connectivity index (χ0v) is 24.5. The molecule has 0 radical (unpaired) electrons. The minimum Gasteiger partial charge on any atom is -0.444 e. The molecule has 1 aromatic carbocycles. The molecule has 2 N–H and O–H groups in total. The first-order valence-electron chi connectivity index (χ1n) is 12.6. The van der Waals surface area contributed by atoms with Crippen LogP contribution < -0.4 is 10.2 Å². The number of rotatable bonds is 9. The third-order valence-electron chi connectivity index (χ3n) is 5.81. The van der Waals surface area contributed by atoms with Gasteiger partial charge in [0.05, 0.1) is 17.6 Å². The summed E-state index contributed by atoms with van der Waals surface area (Å²) in [4.78, 5) is 24.7. The number of halogens is 1. The molecule has 0 bridgehead atoms. The van der Waals surface area contributed by atoms with Gasteiger partial charge in [-0.15, -0.1) is 0 Å². The van der Waals surface area contributed by atoms with Gasteiger partial charge >= 0.3 is 6.09 Å². The van der Waals surface area contributed by atoms with Crippen molar-refractivity contribution in [2.45, 2.75) is 52.1 Å². The third kappa shape index (κ3) is 8.98. The molecule has 1 aliphatic heterocycles. The van der Waals surface area contributed by atoms with Crippen molar-refractivity contribution >= 4 is 42.9 Å². The standard InChI is InChI=1S/C26H39ClN6O3Si/c1-26(2,3)36-25(34)33-13-11-32(12-14-33)20-9-7-19(8-10-20)22(28)23-21(17-29-24(27)31-23)30-18-35-15-16-37(4,5)6/h7-10,17,28,30H,11-16,18H2,1-6H3. The molecular weight excluding hydrogens is 508 g/mol. The Hall–Kier alpha value is -2.69. The number of ether oxygens (including phenoxy) is 2. The number of amides is 1. The number of carbonyl (C=O) groups is 1. The van der Waals surface area contributed by atoms with Gasteiger partial charge in [0.2, 0.25) is 5.28 Å². The smallest absolute Gasteiger partial charge is 0.410 e. The zero-order valence-electron chi connectivity index (χ0n) is 22.7. The van der Waals surface area contributed by atoms with E-state index in [1.54, 1.807) is 11.1 Å². The lowest BCUT2D eigenvalue weighted by atomic mass is 10.1. The number of hydrogen-bond donors (Lipinski definition) is 2. The number of nitrogens with one attached hydrogen (secondary N) is 2. The van der Waals surface area contributed by atoms with Crippen LogP contribution in [0.4, 0.5) is 16.2 Å². The number of piperazine rings is 1. The molecule has 2 aromatic rings. The summed E-state index contributed by atoms with van der Waals surface area (Å²) in [5.41, 5.74) is 2.52. The van der Waals surface area contributed by atoms with E-state index < -0.39 is 13.7 Å². The van der Waals surface area contributed by atoms with Crippen LogP contribution in [-0.4, -0.2) is 79.9 Å². The summed E-state index contributed by atoms with van der Waals surface area (Å²) in [6.45, 7) is 16.2. The highest BCUT2D eigenvalue weighted by Gasteiger charge is 2.26. The fourth-order valence-electron chi connectivity index (χ4n) is 3.71. The van der Waals surface area contributed by atoms with Gasteiger partial charge in [0.15, 0.2) is 0 Å². The molecule has 9 nitrogen and oxygen atoms in total. The van der Waals surface area contributed by atoms with Gasteiger partial charge in [0.1, 0.15) is 18.0 Å². The third-order valence-corrected chi connectivity index (χ3v) is 7.70. The highest BCUT2D eigenvalue weighted by molar-refractivity contribution is 6.76. The minimum absolute atomic E-state index is 0.0874. The maximum atomic E-state index is 12.3. The second kappa shape index (κ2) is 12.2. The molecule has 3 rings (SSSR count). The molecule has 1 amide bonds. The lowest BCUT2D eigenvalue weighted by Crippen LogP contribution is -2.50. The predicted molar refractivity (Wildman–Crippen MR) is 152 cm³/mol. The molecule has 0 saturated carbocycles. The van der Waals surface area contributed by atoms with E-state index in [4.69, 9.17) is 26.5 Å². The van der Waals surface area contributed by atoms with E-state index >= 15 is 0 Å². The summed E-state index contributed by atoms with van der Waals surface area (Å²) in [5.74, 6) is 0. The molecule has 202 valence electrons. The van der Waals surface area contributed by atoms with Crippen LogP contribution in [-0.2, 0) is 9.47 Å². The summed E-state index contributed by atoms with van der Waals surface area (Å²) in [6, 6.07) is 8.87. The van der Waals surface area contributed by atoms with E-state index in [0.29, 0.717) is 56.5 Å². The lowest BCUT2D eigenvalue weighted by Gasteiger charge is -2.36.